The maximum Gasteiger partial charge on any atom is 0.393 e. The molecule has 0 amide bonds. The first-order valence-corrected chi connectivity index (χ1v) is 12.1. The Morgan fingerprint density at radius 1 is 1.18 bits per heavy atom. The minimum absolute atomic E-state index is 0. The fourth-order valence-electron chi connectivity index (χ4n) is 5.35. The summed E-state index contributed by atoms with van der Waals surface area (Å²) in [5, 5.41) is 4.36. The summed E-state index contributed by atoms with van der Waals surface area (Å²) < 4.78 is 38.6. The Morgan fingerprint density at radius 3 is 2.74 bits per heavy atom. The number of aromatic amines is 1. The molecule has 4 aromatic rings. The third-order valence-electron chi connectivity index (χ3n) is 6.86. The number of aromatic nitrogens is 4. The lowest BCUT2D eigenvalue weighted by molar-refractivity contribution is -0.126. The fraction of sp³-hybridized carbons (Fsp3) is 0.375. The molecule has 2 fully saturated rings. The van der Waals surface area contributed by atoms with Crippen molar-refractivity contribution in [3.8, 4) is 11.4 Å². The normalized spacial score (nSPS) is 22.4. The molecule has 0 radical (unpaired) electrons. The lowest BCUT2D eigenvalue weighted by atomic mass is 9.65. The van der Waals surface area contributed by atoms with Crippen LogP contribution in [0.1, 0.15) is 25.6 Å². The van der Waals surface area contributed by atoms with Crippen molar-refractivity contribution in [2.75, 3.05) is 23.3 Å². The Kier molecular flexibility index (Phi) is 5.02. The van der Waals surface area contributed by atoms with Gasteiger partial charge in [0.1, 0.15) is 22.8 Å². The zero-order valence-corrected chi connectivity index (χ0v) is 19.1. The van der Waals surface area contributed by atoms with Crippen molar-refractivity contribution < 1.29 is 14.6 Å². The van der Waals surface area contributed by atoms with Gasteiger partial charge >= 0.3 is 6.18 Å². The zero-order valence-electron chi connectivity index (χ0n) is 18.3. The van der Waals surface area contributed by atoms with Gasteiger partial charge in [0.05, 0.1) is 11.8 Å². The third-order valence-corrected chi connectivity index (χ3v) is 7.90. The Morgan fingerprint density at radius 2 is 2.00 bits per heavy atom. The minimum atomic E-state index is -4.22. The highest BCUT2D eigenvalue weighted by atomic mass is 32.1. The van der Waals surface area contributed by atoms with Crippen LogP contribution in [0.25, 0.3) is 21.6 Å². The maximum atomic E-state index is 12.9. The number of imidazole rings is 1. The number of nitrogens with one attached hydrogen (secondary N) is 2. The van der Waals surface area contributed by atoms with E-state index in [0.717, 1.165) is 72.0 Å². The molecule has 34 heavy (non-hydrogen) atoms. The van der Waals surface area contributed by atoms with Gasteiger partial charge in [-0.1, -0.05) is 0 Å². The van der Waals surface area contributed by atoms with Gasteiger partial charge in [-0.05, 0) is 55.0 Å². The molecule has 0 bridgehead atoms. The highest BCUT2D eigenvalue weighted by Crippen LogP contribution is 2.50. The number of rotatable bonds is 5. The Bertz CT molecular complexity index is 1300. The summed E-state index contributed by atoms with van der Waals surface area (Å²) in [6.07, 6.45) is 3.08. The van der Waals surface area contributed by atoms with Gasteiger partial charge in [0, 0.05) is 49.1 Å². The number of nitrogens with zero attached hydrogens (tertiary/aromatic N) is 4. The van der Waals surface area contributed by atoms with E-state index in [9.17, 15) is 13.2 Å². The molecule has 1 saturated carbocycles. The van der Waals surface area contributed by atoms with E-state index < -0.39 is 12.6 Å². The second kappa shape index (κ2) is 7.97. The first kappa shape index (κ1) is 21.4. The van der Waals surface area contributed by atoms with Crippen molar-refractivity contribution >= 4 is 33.1 Å². The number of anilines is 2. The summed E-state index contributed by atoms with van der Waals surface area (Å²) in [7, 11) is 0. The standard InChI is InChI=1S/C24H23F3N6S.H2/c25-24(26,27)12-18-9-19-21(30-14-31-22(19)34-18)33-8-5-23(13-33)10-17(11-23)32-16-3-1-15(2-4-16)20-28-6-7-29-20;/h1-4,6-7,9,14,17,32H,5,8,10-13H2,(H,28,29);1H. The van der Waals surface area contributed by atoms with Crippen LogP contribution in [0, 0.1) is 5.41 Å². The van der Waals surface area contributed by atoms with Crippen molar-refractivity contribution in [1.82, 2.24) is 19.9 Å². The van der Waals surface area contributed by atoms with Crippen molar-refractivity contribution in [2.45, 2.75) is 37.9 Å². The first-order chi connectivity index (χ1) is 16.4. The van der Waals surface area contributed by atoms with E-state index in [-0.39, 0.29) is 11.7 Å². The average molecular weight is 487 g/mol. The molecular formula is C24H25F3N6S. The molecule has 4 heterocycles. The van der Waals surface area contributed by atoms with Gasteiger partial charge in [0.25, 0.3) is 0 Å². The van der Waals surface area contributed by atoms with Crippen molar-refractivity contribution in [2.24, 2.45) is 5.41 Å². The quantitative estimate of drug-likeness (QED) is 0.367. The van der Waals surface area contributed by atoms with Crippen molar-refractivity contribution in [3.05, 3.63) is 53.9 Å². The van der Waals surface area contributed by atoms with Crippen LogP contribution < -0.4 is 10.2 Å². The molecule has 178 valence electrons. The van der Waals surface area contributed by atoms with Gasteiger partial charge < -0.3 is 15.2 Å². The third kappa shape index (κ3) is 4.11. The molecule has 2 aliphatic rings. The zero-order chi connectivity index (χ0) is 23.3. The summed E-state index contributed by atoms with van der Waals surface area (Å²) in [5.74, 6) is 1.62. The molecule has 1 aliphatic heterocycles. The summed E-state index contributed by atoms with van der Waals surface area (Å²) in [6.45, 7) is 1.74. The number of benzene rings is 1. The van der Waals surface area contributed by atoms with E-state index in [1.54, 1.807) is 12.3 Å². The molecular weight excluding hydrogens is 461 g/mol. The monoisotopic (exact) mass is 486 g/mol. The number of fused-ring (bicyclic) bond motifs is 1. The van der Waals surface area contributed by atoms with Crippen LogP contribution in [-0.4, -0.2) is 45.2 Å². The van der Waals surface area contributed by atoms with Crippen LogP contribution in [0.2, 0.25) is 0 Å². The van der Waals surface area contributed by atoms with E-state index in [1.807, 2.05) is 6.20 Å². The van der Waals surface area contributed by atoms with Crippen molar-refractivity contribution in [1.29, 1.82) is 0 Å². The number of thiophene rings is 1. The fourth-order valence-corrected chi connectivity index (χ4v) is 6.37. The molecule has 10 heteroatoms. The van der Waals surface area contributed by atoms with Crippen LogP contribution in [0.3, 0.4) is 0 Å². The Labute approximate surface area is 199 Å². The summed E-state index contributed by atoms with van der Waals surface area (Å²) in [5.41, 5.74) is 2.38. The number of hydrogen-bond donors (Lipinski definition) is 2. The van der Waals surface area contributed by atoms with Gasteiger partial charge in [-0.2, -0.15) is 13.2 Å². The molecule has 1 spiro atoms. The molecule has 1 aliphatic carbocycles. The van der Waals surface area contributed by atoms with Gasteiger partial charge in [-0.25, -0.2) is 15.0 Å². The maximum absolute atomic E-state index is 12.9. The van der Waals surface area contributed by atoms with Gasteiger partial charge in [0.15, 0.2) is 0 Å². The second-order valence-electron chi connectivity index (χ2n) is 9.36. The summed E-state index contributed by atoms with van der Waals surface area (Å²) >= 11 is 1.10. The SMILES string of the molecule is FC(F)(F)Cc1cc2c(N3CCC4(CC(Nc5ccc(-c6ncc[nH]6)cc5)C4)C3)ncnc2s1.[HH]. The van der Waals surface area contributed by atoms with Crippen LogP contribution >= 0.6 is 11.3 Å². The van der Waals surface area contributed by atoms with E-state index >= 15 is 0 Å². The Hall–Kier alpha value is -3.14. The van der Waals surface area contributed by atoms with Crippen LogP contribution in [-0.2, 0) is 6.42 Å². The average Bonchev–Trinajstić information content (AvgIpc) is 3.52. The van der Waals surface area contributed by atoms with Gasteiger partial charge in [-0.3, -0.25) is 0 Å². The van der Waals surface area contributed by atoms with Gasteiger partial charge in [0.2, 0.25) is 0 Å². The molecule has 6 nitrogen and oxygen atoms in total. The van der Waals surface area contributed by atoms with E-state index in [2.05, 4.69) is 54.4 Å². The number of hydrogen-bond acceptors (Lipinski definition) is 6. The molecule has 1 saturated heterocycles. The predicted octanol–water partition coefficient (Wildman–Crippen LogP) is 5.90. The summed E-state index contributed by atoms with van der Waals surface area (Å²) in [6, 6.07) is 10.3. The topological polar surface area (TPSA) is 69.7 Å². The van der Waals surface area contributed by atoms with E-state index in [0.29, 0.717) is 10.9 Å². The minimum Gasteiger partial charge on any atom is -0.382 e. The second-order valence-corrected chi connectivity index (χ2v) is 10.5. The number of H-pyrrole nitrogens is 1. The largest absolute Gasteiger partial charge is 0.393 e. The highest BCUT2D eigenvalue weighted by molar-refractivity contribution is 7.18. The molecule has 6 rings (SSSR count). The molecule has 0 unspecified atom stereocenters. The smallest absolute Gasteiger partial charge is 0.382 e. The number of alkyl halides is 3. The van der Waals surface area contributed by atoms with Crippen molar-refractivity contribution in [3.63, 3.8) is 0 Å². The molecule has 2 N–H and O–H groups in total. The molecule has 3 aromatic heterocycles. The number of halogens is 3. The Balaban J connectivity index is 0.00000253. The first-order valence-electron chi connectivity index (χ1n) is 11.3. The highest BCUT2D eigenvalue weighted by Gasteiger charge is 2.49. The van der Waals surface area contributed by atoms with E-state index in [4.69, 9.17) is 0 Å². The van der Waals surface area contributed by atoms with Crippen LogP contribution in [0.15, 0.2) is 49.1 Å². The van der Waals surface area contributed by atoms with Crippen LogP contribution in [0.4, 0.5) is 24.7 Å². The lowest BCUT2D eigenvalue weighted by Crippen LogP contribution is -2.46. The summed E-state index contributed by atoms with van der Waals surface area (Å²) in [4.78, 5) is 19.2. The van der Waals surface area contributed by atoms with E-state index in [1.165, 1.54) is 6.33 Å². The van der Waals surface area contributed by atoms with Gasteiger partial charge in [-0.15, -0.1) is 11.3 Å². The predicted molar refractivity (Wildman–Crippen MR) is 129 cm³/mol. The molecule has 1 aromatic carbocycles. The van der Waals surface area contributed by atoms with Crippen LogP contribution in [0.5, 0.6) is 0 Å². The molecule has 0 atom stereocenters. The lowest BCUT2D eigenvalue weighted by Gasteiger charge is -2.46.